The van der Waals surface area contributed by atoms with E-state index in [1.807, 2.05) is 0 Å². The molecular formula is C36H75MoO7P3S7-6. The molecule has 0 bridgehead atoms. The smallest absolute Gasteiger partial charge is 0.197 e. The van der Waals surface area contributed by atoms with E-state index >= 15 is 0 Å². The monoisotopic (exact) mass is 1030 g/mol. The molecule has 0 spiro atoms. The molecule has 7 nitrogen and oxygen atoms in total. The molecule has 18 heteroatoms. The number of hydrogen-bond donors (Lipinski definition) is 0. The first kappa shape index (κ1) is 66.6. The molecule has 0 aromatic carbocycles. The van der Waals surface area contributed by atoms with Crippen LogP contribution in [0.25, 0.3) is 0 Å². The third-order valence-electron chi connectivity index (χ3n) is 8.24. The molecule has 0 aromatic heterocycles. The van der Waals surface area contributed by atoms with Gasteiger partial charge in [0.1, 0.15) is 0 Å². The molecule has 3 atom stereocenters. The third-order valence-corrected chi connectivity index (χ3v) is 11.6. The summed E-state index contributed by atoms with van der Waals surface area (Å²) in [6.45, 7) is 8.11. The Kier molecular flexibility index (Phi) is 64.8. The molecular weight excluding hydrogens is 958 g/mol. The van der Waals surface area contributed by atoms with E-state index in [0.29, 0.717) is 19.8 Å². The van der Waals surface area contributed by atoms with Gasteiger partial charge in [0.25, 0.3) is 0 Å². The van der Waals surface area contributed by atoms with Gasteiger partial charge in [-0.05, 0) is 19.3 Å². The van der Waals surface area contributed by atoms with Gasteiger partial charge in [-0.25, -0.2) is 0 Å². The Morgan fingerprint density at radius 2 is 0.481 bits per heavy atom. The topological polar surface area (TPSA) is 114 Å². The average molecular weight is 1030 g/mol. The summed E-state index contributed by atoms with van der Waals surface area (Å²) < 4.78 is 22.5. The Morgan fingerprint density at radius 1 is 0.352 bits per heavy atom. The van der Waals surface area contributed by atoms with Gasteiger partial charge >= 0.3 is 0 Å². The van der Waals surface area contributed by atoms with Gasteiger partial charge in [-0.3, -0.25) is 0 Å². The zero-order chi connectivity index (χ0) is 41.0. The van der Waals surface area contributed by atoms with E-state index in [-0.39, 0.29) is 21.1 Å². The summed E-state index contributed by atoms with van der Waals surface area (Å²) in [7, 11) is 0. The van der Waals surface area contributed by atoms with Gasteiger partial charge in [0.2, 0.25) is 0 Å². The molecule has 330 valence electrons. The van der Waals surface area contributed by atoms with Gasteiger partial charge < -0.3 is 65.0 Å². The van der Waals surface area contributed by atoms with Crippen molar-refractivity contribution >= 4 is 102 Å². The summed E-state index contributed by atoms with van der Waals surface area (Å²) >= 11 is 29.9. The van der Waals surface area contributed by atoms with Crippen molar-refractivity contribution in [3.63, 3.8) is 0 Å². The van der Waals surface area contributed by atoms with Gasteiger partial charge in [-0.15, -0.1) is 52.5 Å². The molecule has 0 rings (SSSR count). The van der Waals surface area contributed by atoms with Crippen LogP contribution in [-0.2, 0) is 119 Å². The first-order valence-electron chi connectivity index (χ1n) is 20.3. The first-order chi connectivity index (χ1) is 25.2. The molecule has 0 N–H and O–H groups in total. The fourth-order valence-corrected chi connectivity index (χ4v) is 7.70. The summed E-state index contributed by atoms with van der Waals surface area (Å²) in [4.78, 5) is 32.6. The zero-order valence-electron chi connectivity index (χ0n) is 33.8. The maximum absolute atomic E-state index is 10.9. The van der Waals surface area contributed by atoms with Crippen molar-refractivity contribution in [3.05, 3.63) is 0 Å². The van der Waals surface area contributed by atoms with Crippen molar-refractivity contribution in [2.24, 2.45) is 0 Å². The molecule has 0 heterocycles. The second-order valence-electron chi connectivity index (χ2n) is 13.4. The number of rotatable bonds is 36. The molecule has 0 fully saturated rings. The van der Waals surface area contributed by atoms with Crippen molar-refractivity contribution in [2.75, 3.05) is 19.8 Å². The molecule has 0 aliphatic heterocycles. The molecule has 54 heavy (non-hydrogen) atoms. The predicted molar refractivity (Wildman–Crippen MR) is 246 cm³/mol. The van der Waals surface area contributed by atoms with E-state index in [4.69, 9.17) is 17.8 Å². The Hall–Kier alpha value is 3.47. The maximum Gasteiger partial charge on any atom is 0.197 e. The maximum atomic E-state index is 10.9. The van der Waals surface area contributed by atoms with Gasteiger partial charge in [0.15, 0.2) is 12.5 Å². The van der Waals surface area contributed by atoms with Crippen molar-refractivity contribution < 1.29 is 53.5 Å². The molecule has 0 amide bonds. The fraction of sp³-hybridized carbons (Fsp3) is 1.00. The second kappa shape index (κ2) is 52.6. The predicted octanol–water partition coefficient (Wildman–Crippen LogP) is 11.8. The quantitative estimate of drug-likeness (QED) is 0.0257. The standard InChI is InChI=1S/3C12H27O2PS2.Mo.OS/c3*1-2-3-4-5-6-7-8-9-10-11-12-14-15(13,16)17;;1-2/h3*2-12H2,1H3,(H2,13,16,17);;/p-6. The van der Waals surface area contributed by atoms with Gasteiger partial charge in [0.05, 0.1) is 0 Å². The van der Waals surface area contributed by atoms with Gasteiger partial charge in [-0.1, -0.05) is 194 Å². The molecule has 0 saturated heterocycles. The van der Waals surface area contributed by atoms with Crippen LogP contribution in [0.4, 0.5) is 0 Å². The van der Waals surface area contributed by atoms with Crippen LogP contribution in [0.1, 0.15) is 213 Å². The average Bonchev–Trinajstić information content (AvgIpc) is 3.08. The first-order valence-corrected chi connectivity index (χ1v) is 31.6. The summed E-state index contributed by atoms with van der Waals surface area (Å²) in [6.07, 6.45) is 38.2. The van der Waals surface area contributed by atoms with Crippen LogP contribution >= 0.6 is 17.1 Å². The molecule has 0 saturated carbocycles. The summed E-state index contributed by atoms with van der Waals surface area (Å²) in [5, 5.41) is 0. The van der Waals surface area contributed by atoms with Crippen molar-refractivity contribution in [2.45, 2.75) is 213 Å². The van der Waals surface area contributed by atoms with E-state index in [1.54, 1.807) is 0 Å². The van der Waals surface area contributed by atoms with E-state index in [1.165, 1.54) is 154 Å². The third kappa shape index (κ3) is 79.6. The fourth-order valence-electron chi connectivity index (χ4n) is 5.30. The Balaban J connectivity index is -0.000000215. The number of hydrogen-bond acceptors (Lipinski definition) is 14. The van der Waals surface area contributed by atoms with E-state index in [0.717, 1.165) is 38.5 Å². The largest absolute Gasteiger partial charge is 0.819 e. The molecule has 0 radical (unpaired) electrons. The molecule has 3 unspecified atom stereocenters. The van der Waals surface area contributed by atoms with Gasteiger partial charge in [0, 0.05) is 40.9 Å². The van der Waals surface area contributed by atoms with Gasteiger partial charge in [-0.2, -0.15) is 4.21 Å². The minimum atomic E-state index is -3.08. The van der Waals surface area contributed by atoms with Crippen LogP contribution in [0.2, 0.25) is 0 Å². The van der Waals surface area contributed by atoms with Crippen LogP contribution in [-0.4, -0.2) is 24.0 Å². The van der Waals surface area contributed by atoms with Crippen LogP contribution < -0.4 is 14.7 Å². The van der Waals surface area contributed by atoms with Crippen LogP contribution in [0.15, 0.2) is 0 Å². The SMILES string of the molecule is CCCCCCCCCCCCOP([O-])(=S)[S-].CCCCCCCCCCCCOP([O-])(=S)[S-].CCCCCCCCCCCCOP([O-])(=S)[S-].O=S.[Mo]. The van der Waals surface area contributed by atoms with Crippen molar-refractivity contribution in [1.29, 1.82) is 0 Å². The van der Waals surface area contributed by atoms with E-state index < -0.39 is 17.1 Å². The van der Waals surface area contributed by atoms with Crippen molar-refractivity contribution in [1.82, 2.24) is 0 Å². The van der Waals surface area contributed by atoms with Crippen LogP contribution in [0.3, 0.4) is 0 Å². The molecule has 0 aliphatic carbocycles. The molecule has 0 aromatic rings. The van der Waals surface area contributed by atoms with E-state index in [9.17, 15) is 14.7 Å². The second-order valence-corrected chi connectivity index (χ2v) is 27.6. The van der Waals surface area contributed by atoms with E-state index in [2.05, 4.69) is 105 Å². The van der Waals surface area contributed by atoms with Crippen molar-refractivity contribution in [3.8, 4) is 0 Å². The Bertz CT molecular complexity index is 753. The zero-order valence-corrected chi connectivity index (χ0v) is 44.2. The van der Waals surface area contributed by atoms with Crippen LogP contribution in [0, 0.1) is 0 Å². The summed E-state index contributed by atoms with van der Waals surface area (Å²) in [5.41, 5.74) is -9.23. The molecule has 0 aliphatic rings. The summed E-state index contributed by atoms with van der Waals surface area (Å²) in [6, 6.07) is 0. The minimum Gasteiger partial charge on any atom is -0.819 e. The normalized spacial score (nSPS) is 14.0. The van der Waals surface area contributed by atoms with Crippen LogP contribution in [0.5, 0.6) is 0 Å². The Morgan fingerprint density at radius 3 is 0.611 bits per heavy atom. The minimum absolute atomic E-state index is 0. The number of unbranched alkanes of at least 4 members (excludes halogenated alkanes) is 27. The summed E-state index contributed by atoms with van der Waals surface area (Å²) in [5.74, 6) is 0. The Labute approximate surface area is 385 Å².